The molecule has 3 fully saturated rings. The van der Waals surface area contributed by atoms with E-state index in [1.165, 1.54) is 6.07 Å². The standard InChI is InChI=1S/C34H47NO8/c1-15(2)25-28(39)24(31(35)42)29(40)34(43)30(41)26-27(38)23-19(36)13-12-16(3)22(23)17(4)32(26,5)21(33(25,34)6)14-20(37)18-10-8-7-9-11-18/h12-13,15,17-18,21,24-26,28,30,36,39,41,43H,7-11,14H2,1-6H3,(H2,35,42)/t17-,21-,24-,25+,26-,28?,30?,32-,33-,34+/m1/s1. The Labute approximate surface area is 253 Å². The Morgan fingerprint density at radius 1 is 1.07 bits per heavy atom. The number of carbonyl (C=O) groups is 4. The van der Waals surface area contributed by atoms with Crippen molar-refractivity contribution < 1.29 is 39.6 Å². The molecule has 9 nitrogen and oxygen atoms in total. The SMILES string of the molecule is Cc1ccc(O)c2c1[C@@H](C)[C@@]1(C)[C@H](C2=O)C(O)[C@@]2(O)C(=O)[C@H](C(N)=O)C(O)[C@H](C(C)C)[C@@]2(C)[C@@H]1CC(=O)C1CCCCC1. The molecule has 0 spiro atoms. The molecule has 0 radical (unpaired) electrons. The van der Waals surface area contributed by atoms with E-state index in [4.69, 9.17) is 5.73 Å². The molecule has 0 aliphatic heterocycles. The fourth-order valence-electron chi connectivity index (χ4n) is 10.5. The minimum atomic E-state index is -2.69. The molecule has 0 aromatic heterocycles. The minimum absolute atomic E-state index is 0.0239. The highest BCUT2D eigenvalue weighted by Crippen LogP contribution is 2.72. The van der Waals surface area contributed by atoms with Gasteiger partial charge < -0.3 is 26.2 Å². The lowest BCUT2D eigenvalue weighted by Gasteiger charge is -2.71. The first kappa shape index (κ1) is 31.8. The summed E-state index contributed by atoms with van der Waals surface area (Å²) in [5.74, 6) is -9.25. The number of amides is 1. The van der Waals surface area contributed by atoms with Crippen molar-refractivity contribution in [2.45, 2.75) is 104 Å². The molecule has 1 aromatic carbocycles. The van der Waals surface area contributed by atoms with Gasteiger partial charge in [-0.25, -0.2) is 0 Å². The van der Waals surface area contributed by atoms with Crippen LogP contribution < -0.4 is 5.73 Å². The number of benzene rings is 1. The molecule has 5 rings (SSSR count). The molecule has 3 saturated carbocycles. The fourth-order valence-corrected chi connectivity index (χ4v) is 10.5. The number of hydrogen-bond acceptors (Lipinski definition) is 8. The van der Waals surface area contributed by atoms with Crippen LogP contribution in [0.5, 0.6) is 5.75 Å². The quantitative estimate of drug-likeness (QED) is 0.322. The van der Waals surface area contributed by atoms with E-state index in [9.17, 15) is 39.6 Å². The van der Waals surface area contributed by atoms with Crippen molar-refractivity contribution in [3.8, 4) is 5.75 Å². The van der Waals surface area contributed by atoms with Crippen LogP contribution in [0, 0.1) is 53.3 Å². The summed E-state index contributed by atoms with van der Waals surface area (Å²) in [6, 6.07) is 3.14. The first-order valence-corrected chi connectivity index (χ1v) is 15.8. The number of aliphatic hydroxyl groups excluding tert-OH is 2. The summed E-state index contributed by atoms with van der Waals surface area (Å²) in [5.41, 5.74) is 1.55. The normalized spacial score (nSPS) is 41.4. The number of hydrogen-bond donors (Lipinski definition) is 5. The Hall–Kier alpha value is -2.62. The van der Waals surface area contributed by atoms with Crippen LogP contribution in [-0.4, -0.2) is 61.5 Å². The van der Waals surface area contributed by atoms with E-state index < -0.39 is 81.6 Å². The van der Waals surface area contributed by atoms with E-state index in [1.54, 1.807) is 26.8 Å². The van der Waals surface area contributed by atoms with Crippen molar-refractivity contribution in [2.24, 2.45) is 52.1 Å². The number of fused-ring (bicyclic) bond motifs is 3. The van der Waals surface area contributed by atoms with Crippen molar-refractivity contribution in [3.05, 3.63) is 28.8 Å². The van der Waals surface area contributed by atoms with Crippen LogP contribution in [-0.2, 0) is 14.4 Å². The molecule has 43 heavy (non-hydrogen) atoms. The molecular weight excluding hydrogens is 550 g/mol. The van der Waals surface area contributed by atoms with E-state index in [1.807, 2.05) is 20.8 Å². The van der Waals surface area contributed by atoms with E-state index in [0.29, 0.717) is 5.56 Å². The summed E-state index contributed by atoms with van der Waals surface area (Å²) in [4.78, 5) is 55.5. The number of ketones is 3. The number of Topliss-reactive ketones (excluding diaryl/α,β-unsaturated/α-hetero) is 3. The topological polar surface area (TPSA) is 175 Å². The highest BCUT2D eigenvalue weighted by molar-refractivity contribution is 6.09. The van der Waals surface area contributed by atoms with Crippen LogP contribution in [0.4, 0.5) is 0 Å². The van der Waals surface area contributed by atoms with Crippen LogP contribution in [0.1, 0.15) is 101 Å². The van der Waals surface area contributed by atoms with Gasteiger partial charge in [-0.3, -0.25) is 19.2 Å². The second-order valence-corrected chi connectivity index (χ2v) is 14.7. The second-order valence-electron chi connectivity index (χ2n) is 14.7. The van der Waals surface area contributed by atoms with Gasteiger partial charge in [0.05, 0.1) is 17.6 Å². The molecule has 0 bridgehead atoms. The lowest BCUT2D eigenvalue weighted by molar-refractivity contribution is -0.292. The average molecular weight is 598 g/mol. The zero-order valence-corrected chi connectivity index (χ0v) is 26.1. The summed E-state index contributed by atoms with van der Waals surface area (Å²) in [6.07, 6.45) is 0.737. The van der Waals surface area contributed by atoms with E-state index in [2.05, 4.69) is 0 Å². The molecule has 4 aliphatic carbocycles. The lowest BCUT2D eigenvalue weighted by atomic mass is 9.33. The molecular formula is C34H47NO8. The lowest BCUT2D eigenvalue weighted by Crippen LogP contribution is -2.82. The Balaban J connectivity index is 1.83. The molecule has 2 unspecified atom stereocenters. The molecule has 0 saturated heterocycles. The third kappa shape index (κ3) is 3.99. The first-order valence-electron chi connectivity index (χ1n) is 15.8. The molecule has 4 aliphatic rings. The largest absolute Gasteiger partial charge is 0.507 e. The van der Waals surface area contributed by atoms with Crippen LogP contribution in [0.2, 0.25) is 0 Å². The first-order chi connectivity index (χ1) is 20.0. The number of aromatic hydroxyl groups is 1. The number of rotatable bonds is 5. The summed E-state index contributed by atoms with van der Waals surface area (Å²) >= 11 is 0. The fraction of sp³-hybridized carbons (Fsp3) is 0.706. The maximum Gasteiger partial charge on any atom is 0.230 e. The van der Waals surface area contributed by atoms with Gasteiger partial charge >= 0.3 is 0 Å². The van der Waals surface area contributed by atoms with Crippen LogP contribution in [0.15, 0.2) is 12.1 Å². The van der Waals surface area contributed by atoms with Gasteiger partial charge in [-0.05, 0) is 66.0 Å². The van der Waals surface area contributed by atoms with Gasteiger partial charge in [-0.1, -0.05) is 59.9 Å². The Bertz CT molecular complexity index is 1370. The van der Waals surface area contributed by atoms with Gasteiger partial charge in [0, 0.05) is 17.8 Å². The Morgan fingerprint density at radius 2 is 1.67 bits per heavy atom. The van der Waals surface area contributed by atoms with Crippen molar-refractivity contribution in [3.63, 3.8) is 0 Å². The minimum Gasteiger partial charge on any atom is -0.507 e. The predicted octanol–water partition coefficient (Wildman–Crippen LogP) is 3.21. The van der Waals surface area contributed by atoms with Gasteiger partial charge in [0.2, 0.25) is 5.91 Å². The smallest absolute Gasteiger partial charge is 0.230 e. The maximum atomic E-state index is 14.5. The van der Waals surface area contributed by atoms with E-state index >= 15 is 0 Å². The van der Waals surface area contributed by atoms with Crippen LogP contribution in [0.3, 0.4) is 0 Å². The van der Waals surface area contributed by atoms with Crippen LogP contribution >= 0.6 is 0 Å². The van der Waals surface area contributed by atoms with Gasteiger partial charge in [0.1, 0.15) is 23.6 Å². The van der Waals surface area contributed by atoms with Gasteiger partial charge in [0.25, 0.3) is 0 Å². The zero-order chi connectivity index (χ0) is 32.0. The number of nitrogens with two attached hydrogens (primary N) is 1. The summed E-state index contributed by atoms with van der Waals surface area (Å²) in [5, 5.41) is 47.5. The van der Waals surface area contributed by atoms with Crippen LogP contribution in [0.25, 0.3) is 0 Å². The summed E-state index contributed by atoms with van der Waals surface area (Å²) in [6.45, 7) is 10.8. The monoisotopic (exact) mass is 597 g/mol. The number of aliphatic hydroxyl groups is 3. The number of phenols is 1. The highest BCUT2D eigenvalue weighted by Gasteiger charge is 2.80. The van der Waals surface area contributed by atoms with Gasteiger partial charge in [-0.15, -0.1) is 0 Å². The molecule has 9 heteroatoms. The molecule has 236 valence electrons. The third-order valence-corrected chi connectivity index (χ3v) is 12.6. The molecule has 10 atom stereocenters. The zero-order valence-electron chi connectivity index (χ0n) is 26.1. The molecule has 1 amide bonds. The number of carbonyl (C=O) groups excluding carboxylic acids is 4. The average Bonchev–Trinajstić information content (AvgIpc) is 2.93. The summed E-state index contributed by atoms with van der Waals surface area (Å²) in [7, 11) is 0. The maximum absolute atomic E-state index is 14.5. The van der Waals surface area contributed by atoms with Crippen molar-refractivity contribution in [2.75, 3.05) is 0 Å². The highest BCUT2D eigenvalue weighted by atomic mass is 16.4. The molecule has 0 heterocycles. The Morgan fingerprint density at radius 3 is 2.23 bits per heavy atom. The van der Waals surface area contributed by atoms with Gasteiger partial charge in [-0.2, -0.15) is 0 Å². The van der Waals surface area contributed by atoms with E-state index in [0.717, 1.165) is 37.7 Å². The Kier molecular flexibility index (Phi) is 7.75. The third-order valence-electron chi connectivity index (χ3n) is 12.6. The van der Waals surface area contributed by atoms with E-state index in [-0.39, 0.29) is 29.4 Å². The number of phenolic OH excluding ortho intramolecular Hbond substituents is 1. The molecule has 1 aromatic rings. The second kappa shape index (κ2) is 10.5. The van der Waals surface area contributed by atoms with Crippen molar-refractivity contribution in [1.29, 1.82) is 0 Å². The van der Waals surface area contributed by atoms with Gasteiger partial charge in [0.15, 0.2) is 17.2 Å². The van der Waals surface area contributed by atoms with Crippen molar-refractivity contribution in [1.82, 2.24) is 0 Å². The van der Waals surface area contributed by atoms with Crippen molar-refractivity contribution >= 4 is 23.3 Å². The number of primary amides is 1. The predicted molar refractivity (Wildman–Crippen MR) is 158 cm³/mol. The molecule has 6 N–H and O–H groups in total. The summed E-state index contributed by atoms with van der Waals surface area (Å²) < 4.78 is 0. The number of aryl methyl sites for hydroxylation is 1.